The summed E-state index contributed by atoms with van der Waals surface area (Å²) in [4.78, 5) is 14.2. The first-order valence-corrected chi connectivity index (χ1v) is 10.7. The second-order valence-electron chi connectivity index (χ2n) is 6.33. The van der Waals surface area contributed by atoms with Crippen molar-refractivity contribution in [1.29, 1.82) is 0 Å². The molecule has 0 bridgehead atoms. The zero-order valence-corrected chi connectivity index (χ0v) is 17.7. The maximum Gasteiger partial charge on any atom is 0.234 e. The van der Waals surface area contributed by atoms with E-state index in [-0.39, 0.29) is 11.7 Å². The Kier molecular flexibility index (Phi) is 6.89. The molecular formula is C20H23N5OS2. The van der Waals surface area contributed by atoms with Crippen LogP contribution in [0.4, 0.5) is 22.2 Å². The van der Waals surface area contributed by atoms with Crippen molar-refractivity contribution in [2.45, 2.75) is 17.7 Å². The van der Waals surface area contributed by atoms with Crippen molar-refractivity contribution in [3.05, 3.63) is 54.1 Å². The van der Waals surface area contributed by atoms with Crippen LogP contribution in [0.1, 0.15) is 12.5 Å². The lowest BCUT2D eigenvalue weighted by Gasteiger charge is -2.12. The van der Waals surface area contributed by atoms with Crippen LogP contribution in [0.25, 0.3) is 0 Å². The number of aryl methyl sites for hydroxylation is 1. The molecule has 1 heterocycles. The van der Waals surface area contributed by atoms with Crippen molar-refractivity contribution in [1.82, 2.24) is 10.2 Å². The Morgan fingerprint density at radius 1 is 1.04 bits per heavy atom. The number of carbonyl (C=O) groups excluding carboxylic acids is 1. The highest BCUT2D eigenvalue weighted by Gasteiger charge is 2.09. The molecule has 0 aliphatic heterocycles. The molecule has 0 atom stereocenters. The van der Waals surface area contributed by atoms with E-state index in [9.17, 15) is 4.79 Å². The summed E-state index contributed by atoms with van der Waals surface area (Å²) in [6.07, 6.45) is 1.02. The van der Waals surface area contributed by atoms with Crippen molar-refractivity contribution in [3.8, 4) is 0 Å². The average molecular weight is 414 g/mol. The first-order chi connectivity index (χ1) is 13.5. The predicted molar refractivity (Wildman–Crippen MR) is 119 cm³/mol. The Labute approximate surface area is 173 Å². The molecule has 8 heteroatoms. The second-order valence-corrected chi connectivity index (χ2v) is 8.53. The quantitative estimate of drug-likeness (QED) is 0.524. The number of thioether (sulfide) groups is 1. The lowest BCUT2D eigenvalue weighted by Crippen LogP contribution is -2.14. The highest BCUT2D eigenvalue weighted by atomic mass is 32.2. The fourth-order valence-electron chi connectivity index (χ4n) is 2.43. The summed E-state index contributed by atoms with van der Waals surface area (Å²) in [5.41, 5.74) is 4.14. The van der Waals surface area contributed by atoms with E-state index >= 15 is 0 Å². The van der Waals surface area contributed by atoms with Crippen molar-refractivity contribution < 1.29 is 4.79 Å². The molecule has 0 spiro atoms. The molecule has 2 N–H and O–H groups in total. The second kappa shape index (κ2) is 9.57. The van der Waals surface area contributed by atoms with Crippen molar-refractivity contribution >= 4 is 51.2 Å². The first kappa shape index (κ1) is 20.2. The number of rotatable bonds is 8. The van der Waals surface area contributed by atoms with Crippen LogP contribution < -0.4 is 15.5 Å². The van der Waals surface area contributed by atoms with Crippen molar-refractivity contribution in [2.75, 3.05) is 35.4 Å². The summed E-state index contributed by atoms with van der Waals surface area (Å²) >= 11 is 2.81. The Bertz CT molecular complexity index is 907. The molecule has 0 unspecified atom stereocenters. The Hall–Kier alpha value is -2.58. The topological polar surface area (TPSA) is 70.1 Å². The molecule has 6 nitrogen and oxygen atoms in total. The van der Waals surface area contributed by atoms with Gasteiger partial charge in [-0.1, -0.05) is 42.2 Å². The monoisotopic (exact) mass is 413 g/mol. The molecule has 0 aliphatic rings. The smallest absolute Gasteiger partial charge is 0.234 e. The van der Waals surface area contributed by atoms with Crippen LogP contribution in [0.15, 0.2) is 52.9 Å². The standard InChI is InChI=1S/C20H23N5OS2/c1-4-14-5-7-16(8-6-14)22-19-23-24-20(28-19)27-13-18(26)21-15-9-11-17(12-10-15)25(2)3/h5-12H,4,13H2,1-3H3,(H,21,26)(H,22,23). The minimum atomic E-state index is -0.0672. The Morgan fingerprint density at radius 3 is 2.36 bits per heavy atom. The first-order valence-electron chi connectivity index (χ1n) is 8.93. The van der Waals surface area contributed by atoms with Gasteiger partial charge in [-0.15, -0.1) is 10.2 Å². The van der Waals surface area contributed by atoms with Gasteiger partial charge in [-0.25, -0.2) is 0 Å². The van der Waals surface area contributed by atoms with E-state index in [2.05, 4.69) is 39.9 Å². The van der Waals surface area contributed by atoms with Gasteiger partial charge < -0.3 is 15.5 Å². The maximum absolute atomic E-state index is 12.2. The highest BCUT2D eigenvalue weighted by molar-refractivity contribution is 8.01. The molecule has 0 saturated heterocycles. The average Bonchev–Trinajstić information content (AvgIpc) is 3.15. The summed E-state index contributed by atoms with van der Waals surface area (Å²) in [7, 11) is 3.96. The number of nitrogens with zero attached hydrogens (tertiary/aromatic N) is 3. The summed E-state index contributed by atoms with van der Waals surface area (Å²) in [6, 6.07) is 16.0. The number of anilines is 4. The van der Waals surface area contributed by atoms with Gasteiger partial charge in [0.25, 0.3) is 0 Å². The predicted octanol–water partition coefficient (Wildman–Crippen LogP) is 4.64. The number of hydrogen-bond donors (Lipinski definition) is 2. The highest BCUT2D eigenvalue weighted by Crippen LogP contribution is 2.28. The number of hydrogen-bond acceptors (Lipinski definition) is 7. The van der Waals surface area contributed by atoms with Gasteiger partial charge >= 0.3 is 0 Å². The maximum atomic E-state index is 12.2. The number of nitrogens with one attached hydrogen (secondary N) is 2. The third-order valence-corrected chi connectivity index (χ3v) is 5.99. The third-order valence-electron chi connectivity index (χ3n) is 4.01. The van der Waals surface area contributed by atoms with E-state index < -0.39 is 0 Å². The lowest BCUT2D eigenvalue weighted by atomic mass is 10.1. The van der Waals surface area contributed by atoms with Crippen LogP contribution >= 0.6 is 23.1 Å². The van der Waals surface area contributed by atoms with Gasteiger partial charge in [0.2, 0.25) is 11.0 Å². The van der Waals surface area contributed by atoms with Gasteiger partial charge in [0.05, 0.1) is 5.75 Å². The van der Waals surface area contributed by atoms with E-state index in [1.54, 1.807) is 0 Å². The number of carbonyl (C=O) groups is 1. The SMILES string of the molecule is CCc1ccc(Nc2nnc(SCC(=O)Nc3ccc(N(C)C)cc3)s2)cc1. The molecule has 0 aliphatic carbocycles. The number of benzene rings is 2. The van der Waals surface area contributed by atoms with E-state index in [1.165, 1.54) is 28.7 Å². The molecule has 1 aromatic heterocycles. The molecule has 28 heavy (non-hydrogen) atoms. The Morgan fingerprint density at radius 2 is 1.71 bits per heavy atom. The van der Waals surface area contributed by atoms with Crippen LogP contribution in [-0.4, -0.2) is 36.0 Å². The molecule has 3 rings (SSSR count). The lowest BCUT2D eigenvalue weighted by molar-refractivity contribution is -0.113. The van der Waals surface area contributed by atoms with Crippen LogP contribution in [0.3, 0.4) is 0 Å². The minimum absolute atomic E-state index is 0.0672. The van der Waals surface area contributed by atoms with Crippen molar-refractivity contribution in [3.63, 3.8) is 0 Å². The number of amides is 1. The minimum Gasteiger partial charge on any atom is -0.378 e. The fourth-order valence-corrected chi connectivity index (χ4v) is 4.01. The van der Waals surface area contributed by atoms with E-state index in [4.69, 9.17) is 0 Å². The summed E-state index contributed by atoms with van der Waals surface area (Å²) in [6.45, 7) is 2.13. The Balaban J connectivity index is 1.48. The molecule has 3 aromatic rings. The van der Waals surface area contributed by atoms with Gasteiger partial charge in [0, 0.05) is 31.2 Å². The van der Waals surface area contributed by atoms with Crippen LogP contribution in [-0.2, 0) is 11.2 Å². The van der Waals surface area contributed by atoms with Gasteiger partial charge in [-0.2, -0.15) is 0 Å². The van der Waals surface area contributed by atoms with Gasteiger partial charge in [0.15, 0.2) is 4.34 Å². The molecule has 0 radical (unpaired) electrons. The third kappa shape index (κ3) is 5.71. The molecule has 2 aromatic carbocycles. The van der Waals surface area contributed by atoms with Crippen molar-refractivity contribution in [2.24, 2.45) is 0 Å². The molecule has 1 amide bonds. The van der Waals surface area contributed by atoms with E-state index in [1.807, 2.05) is 55.4 Å². The fraction of sp³-hybridized carbons (Fsp3) is 0.250. The molecule has 0 fully saturated rings. The molecular weight excluding hydrogens is 390 g/mol. The van der Waals surface area contributed by atoms with Gasteiger partial charge in [-0.3, -0.25) is 4.79 Å². The number of aromatic nitrogens is 2. The van der Waals surface area contributed by atoms with E-state index in [0.29, 0.717) is 5.13 Å². The summed E-state index contributed by atoms with van der Waals surface area (Å²) < 4.78 is 0.755. The van der Waals surface area contributed by atoms with Gasteiger partial charge in [-0.05, 0) is 48.4 Å². The summed E-state index contributed by atoms with van der Waals surface area (Å²) in [5, 5.41) is 15.1. The van der Waals surface area contributed by atoms with Crippen LogP contribution in [0.5, 0.6) is 0 Å². The van der Waals surface area contributed by atoms with Crippen LogP contribution in [0.2, 0.25) is 0 Å². The normalized spacial score (nSPS) is 10.5. The zero-order valence-electron chi connectivity index (χ0n) is 16.1. The summed E-state index contributed by atoms with van der Waals surface area (Å²) in [5.74, 6) is 0.220. The van der Waals surface area contributed by atoms with Crippen LogP contribution in [0, 0.1) is 0 Å². The van der Waals surface area contributed by atoms with E-state index in [0.717, 1.165) is 27.8 Å². The molecule has 146 valence electrons. The van der Waals surface area contributed by atoms with Gasteiger partial charge in [0.1, 0.15) is 0 Å². The molecule has 0 saturated carbocycles. The zero-order chi connectivity index (χ0) is 19.9. The largest absolute Gasteiger partial charge is 0.378 e.